The maximum absolute atomic E-state index is 12.6. The first-order valence-corrected chi connectivity index (χ1v) is 8.86. The van der Waals surface area contributed by atoms with E-state index in [0.717, 1.165) is 16.8 Å². The SMILES string of the molecule is CC(=O)N1CCc2cc(S(=O)(=O)Nc3ccccc3C)ccc21. The van der Waals surface area contributed by atoms with Gasteiger partial charge in [-0.1, -0.05) is 18.2 Å². The molecule has 2 aromatic carbocycles. The Morgan fingerprint density at radius 1 is 1.17 bits per heavy atom. The van der Waals surface area contributed by atoms with Crippen molar-refractivity contribution in [1.82, 2.24) is 0 Å². The van der Waals surface area contributed by atoms with Gasteiger partial charge in [-0.2, -0.15) is 0 Å². The van der Waals surface area contributed by atoms with E-state index in [0.29, 0.717) is 18.7 Å². The van der Waals surface area contributed by atoms with Gasteiger partial charge in [0.1, 0.15) is 0 Å². The molecule has 0 saturated heterocycles. The number of carbonyl (C=O) groups is 1. The number of sulfonamides is 1. The summed E-state index contributed by atoms with van der Waals surface area (Å²) in [5.74, 6) is -0.0302. The third-order valence-electron chi connectivity index (χ3n) is 4.03. The van der Waals surface area contributed by atoms with Crippen LogP contribution in [0.3, 0.4) is 0 Å². The normalized spacial score (nSPS) is 13.7. The monoisotopic (exact) mass is 330 g/mol. The van der Waals surface area contributed by atoms with Crippen molar-refractivity contribution < 1.29 is 13.2 Å². The van der Waals surface area contributed by atoms with Gasteiger partial charge in [0.25, 0.3) is 10.0 Å². The van der Waals surface area contributed by atoms with Gasteiger partial charge in [0.05, 0.1) is 10.6 Å². The zero-order valence-corrected chi connectivity index (χ0v) is 13.9. The number of nitrogens with zero attached hydrogens (tertiary/aromatic N) is 1. The second kappa shape index (κ2) is 5.70. The summed E-state index contributed by atoms with van der Waals surface area (Å²) in [7, 11) is -3.65. The molecule has 0 bridgehead atoms. The Morgan fingerprint density at radius 3 is 2.61 bits per heavy atom. The van der Waals surface area contributed by atoms with Crippen molar-refractivity contribution in [3.05, 3.63) is 53.6 Å². The lowest BCUT2D eigenvalue weighted by Gasteiger charge is -2.15. The van der Waals surface area contributed by atoms with E-state index in [9.17, 15) is 13.2 Å². The van der Waals surface area contributed by atoms with Crippen molar-refractivity contribution in [3.8, 4) is 0 Å². The number of aryl methyl sites for hydroxylation is 1. The van der Waals surface area contributed by atoms with E-state index in [-0.39, 0.29) is 10.8 Å². The summed E-state index contributed by atoms with van der Waals surface area (Å²) in [5.41, 5.74) is 3.11. The van der Waals surface area contributed by atoms with Crippen molar-refractivity contribution in [2.75, 3.05) is 16.2 Å². The highest BCUT2D eigenvalue weighted by Crippen LogP contribution is 2.31. The van der Waals surface area contributed by atoms with Crippen LogP contribution < -0.4 is 9.62 Å². The molecule has 0 aliphatic carbocycles. The molecule has 0 spiro atoms. The number of nitrogens with one attached hydrogen (secondary N) is 1. The number of anilines is 2. The Kier molecular flexibility index (Phi) is 3.85. The minimum atomic E-state index is -3.65. The molecule has 1 aliphatic rings. The summed E-state index contributed by atoms with van der Waals surface area (Å²) in [5, 5.41) is 0. The van der Waals surface area contributed by atoms with E-state index < -0.39 is 10.0 Å². The van der Waals surface area contributed by atoms with Gasteiger partial charge < -0.3 is 4.90 Å². The number of amides is 1. The molecule has 1 aliphatic heterocycles. The van der Waals surface area contributed by atoms with E-state index in [1.54, 1.807) is 35.2 Å². The number of benzene rings is 2. The predicted molar refractivity (Wildman–Crippen MR) is 90.2 cm³/mol. The van der Waals surface area contributed by atoms with Crippen LogP contribution in [0.4, 0.5) is 11.4 Å². The summed E-state index contributed by atoms with van der Waals surface area (Å²) in [6, 6.07) is 12.1. The fraction of sp³-hybridized carbons (Fsp3) is 0.235. The highest BCUT2D eigenvalue weighted by Gasteiger charge is 2.24. The van der Waals surface area contributed by atoms with Crippen LogP contribution in [0.1, 0.15) is 18.1 Å². The van der Waals surface area contributed by atoms with Crippen LogP contribution in [0.15, 0.2) is 47.4 Å². The molecule has 120 valence electrons. The fourth-order valence-electron chi connectivity index (χ4n) is 2.76. The average Bonchev–Trinajstić information content (AvgIpc) is 2.92. The number of para-hydroxylation sites is 1. The van der Waals surface area contributed by atoms with E-state index in [1.165, 1.54) is 6.92 Å². The Labute approximate surface area is 136 Å². The lowest BCUT2D eigenvalue weighted by Crippen LogP contribution is -2.25. The summed E-state index contributed by atoms with van der Waals surface area (Å²) in [6.07, 6.45) is 0.669. The van der Waals surface area contributed by atoms with E-state index in [2.05, 4.69) is 4.72 Å². The Hall–Kier alpha value is -2.34. The second-order valence-corrected chi connectivity index (χ2v) is 7.31. The van der Waals surface area contributed by atoms with Gasteiger partial charge in [-0.15, -0.1) is 0 Å². The zero-order valence-electron chi connectivity index (χ0n) is 13.0. The van der Waals surface area contributed by atoms with Gasteiger partial charge in [-0.25, -0.2) is 8.42 Å². The summed E-state index contributed by atoms with van der Waals surface area (Å²) in [4.78, 5) is 13.4. The first kappa shape index (κ1) is 15.6. The first-order valence-electron chi connectivity index (χ1n) is 7.38. The lowest BCUT2D eigenvalue weighted by molar-refractivity contribution is -0.116. The Bertz CT molecular complexity index is 875. The molecule has 2 aromatic rings. The van der Waals surface area contributed by atoms with Gasteiger partial charge in [0.15, 0.2) is 0 Å². The van der Waals surface area contributed by atoms with Crippen LogP contribution in [0.25, 0.3) is 0 Å². The molecule has 0 saturated carbocycles. The molecule has 0 fully saturated rings. The third-order valence-corrected chi connectivity index (χ3v) is 5.39. The summed E-state index contributed by atoms with van der Waals surface area (Å²) >= 11 is 0. The Balaban J connectivity index is 1.93. The third kappa shape index (κ3) is 2.94. The molecule has 1 heterocycles. The molecule has 5 nitrogen and oxygen atoms in total. The van der Waals surface area contributed by atoms with E-state index >= 15 is 0 Å². The van der Waals surface area contributed by atoms with Crippen LogP contribution in [0, 0.1) is 6.92 Å². The van der Waals surface area contributed by atoms with Crippen LogP contribution >= 0.6 is 0 Å². The zero-order chi connectivity index (χ0) is 16.6. The van der Waals surface area contributed by atoms with Crippen molar-refractivity contribution in [3.63, 3.8) is 0 Å². The number of hydrogen-bond acceptors (Lipinski definition) is 3. The van der Waals surface area contributed by atoms with Gasteiger partial charge in [-0.05, 0) is 48.7 Å². The highest BCUT2D eigenvalue weighted by molar-refractivity contribution is 7.92. The molecule has 1 amide bonds. The number of carbonyl (C=O) groups excluding carboxylic acids is 1. The van der Waals surface area contributed by atoms with Gasteiger partial charge >= 0.3 is 0 Å². The Morgan fingerprint density at radius 2 is 1.91 bits per heavy atom. The number of hydrogen-bond donors (Lipinski definition) is 1. The topological polar surface area (TPSA) is 66.5 Å². The maximum Gasteiger partial charge on any atom is 0.261 e. The van der Waals surface area contributed by atoms with Crippen molar-refractivity contribution in [2.24, 2.45) is 0 Å². The molecule has 0 unspecified atom stereocenters. The van der Waals surface area contributed by atoms with Gasteiger partial charge in [0, 0.05) is 19.2 Å². The van der Waals surface area contributed by atoms with Crippen molar-refractivity contribution in [1.29, 1.82) is 0 Å². The number of fused-ring (bicyclic) bond motifs is 1. The number of rotatable bonds is 3. The molecule has 0 radical (unpaired) electrons. The first-order chi connectivity index (χ1) is 10.9. The van der Waals surface area contributed by atoms with Crippen LogP contribution in [-0.4, -0.2) is 20.9 Å². The summed E-state index contributed by atoms with van der Waals surface area (Å²) < 4.78 is 27.8. The molecule has 0 atom stereocenters. The molecule has 1 N–H and O–H groups in total. The quantitative estimate of drug-likeness (QED) is 0.941. The summed E-state index contributed by atoms with van der Waals surface area (Å²) in [6.45, 7) is 3.96. The molecule has 6 heteroatoms. The standard InChI is InChI=1S/C17H18N2O3S/c1-12-5-3-4-6-16(12)18-23(21,22)15-7-8-17-14(11-15)9-10-19(17)13(2)20/h3-8,11,18H,9-10H2,1-2H3. The maximum atomic E-state index is 12.6. The predicted octanol–water partition coefficient (Wildman–Crippen LogP) is 2.70. The van der Waals surface area contributed by atoms with Crippen LogP contribution in [-0.2, 0) is 21.2 Å². The van der Waals surface area contributed by atoms with Gasteiger partial charge in [0.2, 0.25) is 5.91 Å². The van der Waals surface area contributed by atoms with Gasteiger partial charge in [-0.3, -0.25) is 9.52 Å². The minimum Gasteiger partial charge on any atom is -0.312 e. The minimum absolute atomic E-state index is 0.0302. The second-order valence-electron chi connectivity index (χ2n) is 5.63. The average molecular weight is 330 g/mol. The van der Waals surface area contributed by atoms with Crippen molar-refractivity contribution in [2.45, 2.75) is 25.2 Å². The molecule has 23 heavy (non-hydrogen) atoms. The van der Waals surface area contributed by atoms with Crippen molar-refractivity contribution >= 4 is 27.3 Å². The van der Waals surface area contributed by atoms with Crippen LogP contribution in [0.5, 0.6) is 0 Å². The molecule has 0 aromatic heterocycles. The van der Waals surface area contributed by atoms with E-state index in [1.807, 2.05) is 19.1 Å². The van der Waals surface area contributed by atoms with E-state index in [4.69, 9.17) is 0 Å². The lowest BCUT2D eigenvalue weighted by atomic mass is 10.2. The van der Waals surface area contributed by atoms with Crippen LogP contribution in [0.2, 0.25) is 0 Å². The molecular weight excluding hydrogens is 312 g/mol. The molecular formula is C17H18N2O3S. The smallest absolute Gasteiger partial charge is 0.261 e. The largest absolute Gasteiger partial charge is 0.312 e. The molecule has 3 rings (SSSR count). The highest BCUT2D eigenvalue weighted by atomic mass is 32.2. The fourth-order valence-corrected chi connectivity index (χ4v) is 3.94.